The van der Waals surface area contributed by atoms with Gasteiger partial charge >= 0.3 is 0 Å². The van der Waals surface area contributed by atoms with Gasteiger partial charge in [0.2, 0.25) is 0 Å². The number of rotatable bonds is 1. The predicted molar refractivity (Wildman–Crippen MR) is 46.6 cm³/mol. The first-order valence-electron chi connectivity index (χ1n) is 3.20. The standard InChI is InChI=1S/C7H7ClN4/c1-12(10)6-3-2-5(4-9)7(8)11-6/h2-3H,10H2,1H3. The lowest BCUT2D eigenvalue weighted by Gasteiger charge is -2.10. The summed E-state index contributed by atoms with van der Waals surface area (Å²) in [4.78, 5) is 3.89. The Morgan fingerprint density at radius 2 is 2.33 bits per heavy atom. The van der Waals surface area contributed by atoms with Gasteiger partial charge in [0.25, 0.3) is 0 Å². The van der Waals surface area contributed by atoms with E-state index < -0.39 is 0 Å². The van der Waals surface area contributed by atoms with E-state index in [-0.39, 0.29) is 5.15 Å². The van der Waals surface area contributed by atoms with Crippen molar-refractivity contribution in [2.24, 2.45) is 5.84 Å². The lowest BCUT2D eigenvalue weighted by atomic mass is 10.3. The van der Waals surface area contributed by atoms with Crippen LogP contribution >= 0.6 is 11.6 Å². The van der Waals surface area contributed by atoms with Gasteiger partial charge in [0.15, 0.2) is 0 Å². The van der Waals surface area contributed by atoms with Gasteiger partial charge < -0.3 is 0 Å². The molecule has 0 aromatic carbocycles. The molecule has 12 heavy (non-hydrogen) atoms. The van der Waals surface area contributed by atoms with Crippen molar-refractivity contribution in [1.82, 2.24) is 4.98 Å². The summed E-state index contributed by atoms with van der Waals surface area (Å²) in [6.45, 7) is 0. The lowest BCUT2D eigenvalue weighted by Crippen LogP contribution is -2.26. The number of nitrogens with two attached hydrogens (primary N) is 1. The Morgan fingerprint density at radius 1 is 1.67 bits per heavy atom. The molecule has 0 saturated carbocycles. The molecule has 0 aliphatic carbocycles. The Balaban J connectivity index is 3.12. The molecule has 0 atom stereocenters. The fraction of sp³-hybridized carbons (Fsp3) is 0.143. The van der Waals surface area contributed by atoms with Crippen LogP contribution in [0.15, 0.2) is 12.1 Å². The first-order valence-corrected chi connectivity index (χ1v) is 3.58. The zero-order chi connectivity index (χ0) is 9.14. The molecule has 0 unspecified atom stereocenters. The highest BCUT2D eigenvalue weighted by Gasteiger charge is 2.03. The van der Waals surface area contributed by atoms with Crippen LogP contribution in [0.25, 0.3) is 0 Å². The molecule has 2 N–H and O–H groups in total. The zero-order valence-corrected chi connectivity index (χ0v) is 7.21. The number of pyridine rings is 1. The second-order valence-corrected chi connectivity index (χ2v) is 2.59. The van der Waals surface area contributed by atoms with E-state index in [0.717, 1.165) is 0 Å². The maximum Gasteiger partial charge on any atom is 0.149 e. The van der Waals surface area contributed by atoms with E-state index in [0.29, 0.717) is 11.4 Å². The largest absolute Gasteiger partial charge is 0.298 e. The summed E-state index contributed by atoms with van der Waals surface area (Å²) in [7, 11) is 1.64. The maximum atomic E-state index is 8.53. The Bertz CT molecular complexity index is 329. The number of anilines is 1. The predicted octanol–water partition coefficient (Wildman–Crippen LogP) is 0.917. The molecule has 5 heteroatoms. The van der Waals surface area contributed by atoms with E-state index >= 15 is 0 Å². The molecule has 1 aromatic rings. The second kappa shape index (κ2) is 3.39. The highest BCUT2D eigenvalue weighted by molar-refractivity contribution is 6.30. The van der Waals surface area contributed by atoms with E-state index in [1.165, 1.54) is 5.01 Å². The van der Waals surface area contributed by atoms with Crippen molar-refractivity contribution >= 4 is 17.4 Å². The highest BCUT2D eigenvalue weighted by Crippen LogP contribution is 2.15. The summed E-state index contributed by atoms with van der Waals surface area (Å²) in [5.74, 6) is 5.93. The fourth-order valence-electron chi connectivity index (χ4n) is 0.705. The number of nitriles is 1. The van der Waals surface area contributed by atoms with E-state index in [1.54, 1.807) is 19.2 Å². The molecule has 1 rings (SSSR count). The molecule has 0 amide bonds. The first-order chi connectivity index (χ1) is 5.65. The molecule has 0 aliphatic heterocycles. The molecule has 1 aromatic heterocycles. The smallest absolute Gasteiger partial charge is 0.149 e. The molecule has 0 bridgehead atoms. The molecule has 0 radical (unpaired) electrons. The molecule has 0 aliphatic rings. The molecular weight excluding hydrogens is 176 g/mol. The van der Waals surface area contributed by atoms with E-state index in [4.69, 9.17) is 22.7 Å². The number of hydrogen-bond donors (Lipinski definition) is 1. The monoisotopic (exact) mass is 182 g/mol. The van der Waals surface area contributed by atoms with Gasteiger partial charge in [-0.2, -0.15) is 5.26 Å². The maximum absolute atomic E-state index is 8.53. The van der Waals surface area contributed by atoms with Crippen LogP contribution in [0.4, 0.5) is 5.82 Å². The Labute approximate surface area is 75.1 Å². The summed E-state index contributed by atoms with van der Waals surface area (Å²) in [6.07, 6.45) is 0. The lowest BCUT2D eigenvalue weighted by molar-refractivity contribution is 0.976. The minimum atomic E-state index is 0.173. The van der Waals surface area contributed by atoms with Crippen molar-refractivity contribution in [3.05, 3.63) is 22.8 Å². The summed E-state index contributed by atoms with van der Waals surface area (Å²) < 4.78 is 0. The van der Waals surface area contributed by atoms with Crippen LogP contribution in [0.1, 0.15) is 5.56 Å². The molecular formula is C7H7ClN4. The normalized spacial score (nSPS) is 9.17. The van der Waals surface area contributed by atoms with Crippen LogP contribution in [-0.4, -0.2) is 12.0 Å². The van der Waals surface area contributed by atoms with Crippen molar-refractivity contribution < 1.29 is 0 Å². The fourth-order valence-corrected chi connectivity index (χ4v) is 0.896. The highest BCUT2D eigenvalue weighted by atomic mass is 35.5. The molecule has 62 valence electrons. The van der Waals surface area contributed by atoms with Crippen LogP contribution < -0.4 is 10.9 Å². The third-order valence-corrected chi connectivity index (χ3v) is 1.60. The van der Waals surface area contributed by atoms with Crippen LogP contribution in [-0.2, 0) is 0 Å². The van der Waals surface area contributed by atoms with Gasteiger partial charge in [-0.05, 0) is 12.1 Å². The Morgan fingerprint density at radius 3 is 2.75 bits per heavy atom. The van der Waals surface area contributed by atoms with Crippen LogP contribution in [0.3, 0.4) is 0 Å². The quantitative estimate of drug-likeness (QED) is 0.399. The summed E-state index contributed by atoms with van der Waals surface area (Å²) in [5, 5.41) is 10.0. The van der Waals surface area contributed by atoms with Crippen molar-refractivity contribution in [3.63, 3.8) is 0 Å². The molecule has 1 heterocycles. The van der Waals surface area contributed by atoms with Gasteiger partial charge in [0, 0.05) is 7.05 Å². The minimum Gasteiger partial charge on any atom is -0.298 e. The minimum absolute atomic E-state index is 0.173. The van der Waals surface area contributed by atoms with Crippen LogP contribution in [0.5, 0.6) is 0 Å². The molecule has 0 fully saturated rings. The second-order valence-electron chi connectivity index (χ2n) is 2.23. The average Bonchev–Trinajstić information content (AvgIpc) is 2.04. The average molecular weight is 183 g/mol. The van der Waals surface area contributed by atoms with E-state index in [1.807, 2.05) is 6.07 Å². The number of nitrogens with zero attached hydrogens (tertiary/aromatic N) is 3. The van der Waals surface area contributed by atoms with Crippen molar-refractivity contribution in [2.75, 3.05) is 12.1 Å². The first kappa shape index (κ1) is 8.78. The van der Waals surface area contributed by atoms with Gasteiger partial charge in [-0.1, -0.05) is 11.6 Å². The van der Waals surface area contributed by atoms with Crippen LogP contribution in [0.2, 0.25) is 5.15 Å². The van der Waals surface area contributed by atoms with Crippen LogP contribution in [0, 0.1) is 11.3 Å². The SMILES string of the molecule is CN(N)c1ccc(C#N)c(Cl)n1. The van der Waals surface area contributed by atoms with Gasteiger partial charge in [0.05, 0.1) is 5.56 Å². The molecule has 0 spiro atoms. The Hall–Kier alpha value is -1.31. The summed E-state index contributed by atoms with van der Waals surface area (Å²) in [5.41, 5.74) is 0.349. The van der Waals surface area contributed by atoms with Gasteiger partial charge in [0.1, 0.15) is 17.0 Å². The van der Waals surface area contributed by atoms with Crippen molar-refractivity contribution in [2.45, 2.75) is 0 Å². The van der Waals surface area contributed by atoms with Crippen molar-refractivity contribution in [3.8, 4) is 6.07 Å². The molecule has 4 nitrogen and oxygen atoms in total. The molecule has 0 saturated heterocycles. The Kier molecular flexibility index (Phi) is 2.48. The number of hydrogen-bond acceptors (Lipinski definition) is 4. The zero-order valence-electron chi connectivity index (χ0n) is 6.45. The number of hydrazine groups is 1. The van der Waals surface area contributed by atoms with Gasteiger partial charge in [-0.25, -0.2) is 10.8 Å². The topological polar surface area (TPSA) is 65.9 Å². The van der Waals surface area contributed by atoms with Crippen molar-refractivity contribution in [1.29, 1.82) is 5.26 Å². The summed E-state index contributed by atoms with van der Waals surface area (Å²) >= 11 is 5.66. The number of halogens is 1. The number of aromatic nitrogens is 1. The summed E-state index contributed by atoms with van der Waals surface area (Å²) in [6, 6.07) is 5.11. The van der Waals surface area contributed by atoms with Gasteiger partial charge in [-0.3, -0.25) is 5.01 Å². The van der Waals surface area contributed by atoms with E-state index in [2.05, 4.69) is 4.98 Å². The van der Waals surface area contributed by atoms with Gasteiger partial charge in [-0.15, -0.1) is 0 Å². The third-order valence-electron chi connectivity index (χ3n) is 1.32. The van der Waals surface area contributed by atoms with E-state index in [9.17, 15) is 0 Å². The third kappa shape index (κ3) is 1.64.